The van der Waals surface area contributed by atoms with E-state index < -0.39 is 0 Å². The fourth-order valence-electron chi connectivity index (χ4n) is 3.56. The van der Waals surface area contributed by atoms with E-state index in [4.69, 9.17) is 9.26 Å². The molecule has 0 saturated carbocycles. The highest BCUT2D eigenvalue weighted by Crippen LogP contribution is 2.23. The lowest BCUT2D eigenvalue weighted by Gasteiger charge is -2.32. The molecule has 4 rings (SSSR count). The minimum absolute atomic E-state index is 0.142. The summed E-state index contributed by atoms with van der Waals surface area (Å²) in [6.07, 6.45) is 1.93. The molecule has 7 heteroatoms. The van der Waals surface area contributed by atoms with Gasteiger partial charge in [-0.25, -0.2) is 4.39 Å². The summed E-state index contributed by atoms with van der Waals surface area (Å²) in [6, 6.07) is 14.5. The van der Waals surface area contributed by atoms with Gasteiger partial charge in [-0.15, -0.1) is 0 Å². The molecule has 1 fully saturated rings. The molecule has 0 unspecified atom stereocenters. The van der Waals surface area contributed by atoms with Crippen molar-refractivity contribution in [1.29, 1.82) is 0 Å². The van der Waals surface area contributed by atoms with Crippen LogP contribution in [0.15, 0.2) is 53.1 Å². The SMILES string of the molecule is CN1CCN(CCCc2ccc(F)c(-c3noc(COc4ccccc4)n3)c2)CC1. The molecule has 0 radical (unpaired) electrons. The number of ether oxygens (including phenoxy) is 1. The second-order valence-corrected chi connectivity index (χ2v) is 7.68. The Kier molecular flexibility index (Phi) is 6.71. The van der Waals surface area contributed by atoms with Gasteiger partial charge < -0.3 is 19.1 Å². The Balaban J connectivity index is 1.34. The highest BCUT2D eigenvalue weighted by molar-refractivity contribution is 5.56. The Morgan fingerprint density at radius 1 is 1.07 bits per heavy atom. The predicted octanol–water partition coefficient (Wildman–Crippen LogP) is 3.63. The van der Waals surface area contributed by atoms with Crippen molar-refractivity contribution in [3.05, 3.63) is 65.8 Å². The van der Waals surface area contributed by atoms with Crippen molar-refractivity contribution < 1.29 is 13.7 Å². The van der Waals surface area contributed by atoms with Crippen molar-refractivity contribution >= 4 is 0 Å². The maximum absolute atomic E-state index is 14.4. The van der Waals surface area contributed by atoms with Gasteiger partial charge in [-0.2, -0.15) is 4.98 Å². The van der Waals surface area contributed by atoms with Crippen molar-refractivity contribution in [2.45, 2.75) is 19.4 Å². The van der Waals surface area contributed by atoms with E-state index >= 15 is 0 Å². The van der Waals surface area contributed by atoms with Crippen molar-refractivity contribution in [2.24, 2.45) is 0 Å². The smallest absolute Gasteiger partial charge is 0.264 e. The van der Waals surface area contributed by atoms with E-state index in [1.807, 2.05) is 42.5 Å². The number of rotatable bonds is 8. The fraction of sp³-hybridized carbons (Fsp3) is 0.391. The molecule has 1 aliphatic rings. The lowest BCUT2D eigenvalue weighted by atomic mass is 10.1. The molecule has 0 N–H and O–H groups in total. The van der Waals surface area contributed by atoms with Crippen LogP contribution in [0.25, 0.3) is 11.4 Å². The summed E-state index contributed by atoms with van der Waals surface area (Å²) in [5.74, 6) is 0.925. The van der Waals surface area contributed by atoms with E-state index in [0.29, 0.717) is 17.2 Å². The van der Waals surface area contributed by atoms with Gasteiger partial charge in [0.2, 0.25) is 5.82 Å². The number of aryl methyl sites for hydroxylation is 1. The van der Waals surface area contributed by atoms with Crippen molar-refractivity contribution in [3.8, 4) is 17.1 Å². The van der Waals surface area contributed by atoms with Gasteiger partial charge >= 0.3 is 0 Å². The van der Waals surface area contributed by atoms with Gasteiger partial charge in [0.15, 0.2) is 6.61 Å². The number of hydrogen-bond donors (Lipinski definition) is 0. The molecule has 0 aliphatic carbocycles. The standard InChI is InChI=1S/C23H27FN4O2/c1-27-12-14-28(15-13-27)11-5-6-18-9-10-21(24)20(16-18)23-25-22(30-26-23)17-29-19-7-3-2-4-8-19/h2-4,7-10,16H,5-6,11-15,17H2,1H3. The average Bonchev–Trinajstić information content (AvgIpc) is 3.24. The first-order valence-corrected chi connectivity index (χ1v) is 10.4. The van der Waals surface area contributed by atoms with E-state index in [9.17, 15) is 4.39 Å². The highest BCUT2D eigenvalue weighted by atomic mass is 19.1. The summed E-state index contributed by atoms with van der Waals surface area (Å²) in [4.78, 5) is 9.15. The average molecular weight is 410 g/mol. The van der Waals surface area contributed by atoms with Crippen LogP contribution in [-0.4, -0.2) is 59.7 Å². The monoisotopic (exact) mass is 410 g/mol. The van der Waals surface area contributed by atoms with Crippen LogP contribution in [0.3, 0.4) is 0 Å². The molecule has 158 valence electrons. The normalized spacial score (nSPS) is 15.4. The van der Waals surface area contributed by atoms with E-state index in [-0.39, 0.29) is 18.2 Å². The van der Waals surface area contributed by atoms with Gasteiger partial charge in [-0.05, 0) is 56.3 Å². The van der Waals surface area contributed by atoms with Crippen LogP contribution in [0, 0.1) is 5.82 Å². The number of benzene rings is 2. The zero-order valence-electron chi connectivity index (χ0n) is 17.3. The number of likely N-dealkylation sites (N-methyl/N-ethyl adjacent to an activating group) is 1. The zero-order valence-corrected chi connectivity index (χ0v) is 17.3. The maximum Gasteiger partial charge on any atom is 0.264 e. The first kappa shape index (κ1) is 20.5. The van der Waals surface area contributed by atoms with Crippen molar-refractivity contribution in [1.82, 2.24) is 19.9 Å². The van der Waals surface area contributed by atoms with Crippen LogP contribution in [0.2, 0.25) is 0 Å². The molecule has 0 spiro atoms. The number of nitrogens with zero attached hydrogens (tertiary/aromatic N) is 4. The van der Waals surface area contributed by atoms with Gasteiger partial charge in [0, 0.05) is 26.2 Å². The Morgan fingerprint density at radius 2 is 1.87 bits per heavy atom. The summed E-state index contributed by atoms with van der Waals surface area (Å²) in [6.45, 7) is 5.67. The maximum atomic E-state index is 14.4. The van der Waals surface area contributed by atoms with Crippen LogP contribution in [0.4, 0.5) is 4.39 Å². The molecule has 1 saturated heterocycles. The van der Waals surface area contributed by atoms with E-state index in [2.05, 4.69) is 27.0 Å². The Morgan fingerprint density at radius 3 is 2.67 bits per heavy atom. The molecule has 3 aromatic rings. The quantitative estimate of drug-likeness (QED) is 0.565. The molecule has 2 aromatic carbocycles. The number of aromatic nitrogens is 2. The molecule has 2 heterocycles. The second kappa shape index (κ2) is 9.82. The van der Waals surface area contributed by atoms with Crippen LogP contribution in [0.5, 0.6) is 5.75 Å². The van der Waals surface area contributed by atoms with Crippen LogP contribution in [0.1, 0.15) is 17.9 Å². The number of para-hydroxylation sites is 1. The molecule has 1 aromatic heterocycles. The molecular weight excluding hydrogens is 383 g/mol. The van der Waals surface area contributed by atoms with E-state index in [1.165, 1.54) is 6.07 Å². The first-order valence-electron chi connectivity index (χ1n) is 10.4. The summed E-state index contributed by atoms with van der Waals surface area (Å²) >= 11 is 0. The summed E-state index contributed by atoms with van der Waals surface area (Å²) < 4.78 is 25.3. The number of piperazine rings is 1. The van der Waals surface area contributed by atoms with E-state index in [1.54, 1.807) is 0 Å². The second-order valence-electron chi connectivity index (χ2n) is 7.68. The zero-order chi connectivity index (χ0) is 20.8. The third-order valence-corrected chi connectivity index (χ3v) is 5.38. The fourth-order valence-corrected chi connectivity index (χ4v) is 3.56. The van der Waals surface area contributed by atoms with Crippen LogP contribution < -0.4 is 4.74 Å². The molecule has 1 aliphatic heterocycles. The van der Waals surface area contributed by atoms with Gasteiger partial charge in [0.25, 0.3) is 5.89 Å². The van der Waals surface area contributed by atoms with Gasteiger partial charge in [-0.3, -0.25) is 0 Å². The third kappa shape index (κ3) is 5.43. The lowest BCUT2D eigenvalue weighted by molar-refractivity contribution is 0.153. The van der Waals surface area contributed by atoms with Gasteiger partial charge in [0.05, 0.1) is 5.56 Å². The minimum atomic E-state index is -0.353. The van der Waals surface area contributed by atoms with Crippen molar-refractivity contribution in [2.75, 3.05) is 39.8 Å². The van der Waals surface area contributed by atoms with Crippen LogP contribution >= 0.6 is 0 Å². The molecule has 0 atom stereocenters. The summed E-state index contributed by atoms with van der Waals surface area (Å²) in [5, 5.41) is 3.94. The van der Waals surface area contributed by atoms with Gasteiger partial charge in [-0.1, -0.05) is 29.4 Å². The molecule has 30 heavy (non-hydrogen) atoms. The lowest BCUT2D eigenvalue weighted by Crippen LogP contribution is -2.44. The van der Waals surface area contributed by atoms with Crippen molar-refractivity contribution in [3.63, 3.8) is 0 Å². The highest BCUT2D eigenvalue weighted by Gasteiger charge is 2.15. The molecule has 0 bridgehead atoms. The Labute approximate surface area is 176 Å². The minimum Gasteiger partial charge on any atom is -0.484 e. The molecule has 6 nitrogen and oxygen atoms in total. The number of halogens is 1. The summed E-state index contributed by atoms with van der Waals surface area (Å²) in [7, 11) is 2.16. The number of hydrogen-bond acceptors (Lipinski definition) is 6. The van der Waals surface area contributed by atoms with E-state index in [0.717, 1.165) is 51.1 Å². The molecular formula is C23H27FN4O2. The largest absolute Gasteiger partial charge is 0.484 e. The Bertz CT molecular complexity index is 939. The van der Waals surface area contributed by atoms with Crippen LogP contribution in [-0.2, 0) is 13.0 Å². The topological polar surface area (TPSA) is 54.6 Å². The third-order valence-electron chi connectivity index (χ3n) is 5.38. The van der Waals surface area contributed by atoms with Gasteiger partial charge in [0.1, 0.15) is 11.6 Å². The summed E-state index contributed by atoms with van der Waals surface area (Å²) in [5.41, 5.74) is 1.44. The predicted molar refractivity (Wildman–Crippen MR) is 113 cm³/mol. The Hall–Kier alpha value is -2.77. The first-order chi connectivity index (χ1) is 14.7. The molecule has 0 amide bonds.